The molecule has 0 aromatic rings. The molecule has 62 valence electrons. The van der Waals surface area contributed by atoms with Crippen LogP contribution in [0.1, 0.15) is 39.0 Å². The van der Waals surface area contributed by atoms with E-state index in [9.17, 15) is 0 Å². The van der Waals surface area contributed by atoms with E-state index in [2.05, 4.69) is 28.9 Å². The van der Waals surface area contributed by atoms with Crippen molar-refractivity contribution in [3.63, 3.8) is 0 Å². The lowest BCUT2D eigenvalue weighted by Crippen LogP contribution is -2.13. The first kappa shape index (κ1) is 7.85. The van der Waals surface area contributed by atoms with Gasteiger partial charge in [0, 0.05) is 5.41 Å². The molecular weight excluding hydrogens is 200 g/mol. The average molecular weight is 215 g/mol. The Hall–Kier alpha value is 0.220. The summed E-state index contributed by atoms with van der Waals surface area (Å²) in [4.78, 5) is 0. The predicted octanol–water partition coefficient (Wildman–Crippen LogP) is 3.87. The van der Waals surface area contributed by atoms with Crippen LogP contribution in [0.2, 0.25) is 0 Å². The Bertz CT molecular complexity index is 195. The first-order valence-corrected chi connectivity index (χ1v) is 5.44. The summed E-state index contributed by atoms with van der Waals surface area (Å²) in [5.74, 6) is 0.913. The number of hydrogen-bond donors (Lipinski definition) is 0. The zero-order valence-corrected chi connectivity index (χ0v) is 8.65. The van der Waals surface area contributed by atoms with Crippen molar-refractivity contribution in [3.8, 4) is 0 Å². The summed E-state index contributed by atoms with van der Waals surface area (Å²) in [7, 11) is 0. The third-order valence-electron chi connectivity index (χ3n) is 3.26. The van der Waals surface area contributed by atoms with E-state index < -0.39 is 0 Å². The van der Waals surface area contributed by atoms with Crippen molar-refractivity contribution in [1.29, 1.82) is 0 Å². The van der Waals surface area contributed by atoms with Gasteiger partial charge in [-0.2, -0.15) is 0 Å². The van der Waals surface area contributed by atoms with E-state index in [1.165, 1.54) is 36.6 Å². The SMILES string of the molecule is CCCC12CCC(C=C1Br)C2. The van der Waals surface area contributed by atoms with Gasteiger partial charge in [0.25, 0.3) is 0 Å². The fourth-order valence-electron chi connectivity index (χ4n) is 2.74. The molecule has 0 heterocycles. The minimum atomic E-state index is 0.597. The molecule has 2 atom stereocenters. The van der Waals surface area contributed by atoms with Gasteiger partial charge in [-0.25, -0.2) is 0 Å². The molecule has 2 unspecified atom stereocenters. The first-order chi connectivity index (χ1) is 5.27. The van der Waals surface area contributed by atoms with E-state index >= 15 is 0 Å². The second-order valence-corrected chi connectivity index (χ2v) is 4.90. The minimum absolute atomic E-state index is 0.597. The molecule has 0 saturated heterocycles. The van der Waals surface area contributed by atoms with Gasteiger partial charge in [0.2, 0.25) is 0 Å². The zero-order valence-electron chi connectivity index (χ0n) is 7.07. The van der Waals surface area contributed by atoms with E-state index in [4.69, 9.17) is 0 Å². The highest BCUT2D eigenvalue weighted by atomic mass is 79.9. The maximum Gasteiger partial charge on any atom is 0.00217 e. The Labute approximate surface area is 77.2 Å². The molecule has 0 nitrogen and oxygen atoms in total. The molecule has 1 heteroatoms. The van der Waals surface area contributed by atoms with Crippen molar-refractivity contribution in [1.82, 2.24) is 0 Å². The summed E-state index contributed by atoms with van der Waals surface area (Å²) < 4.78 is 1.52. The summed E-state index contributed by atoms with van der Waals surface area (Å²) in [6, 6.07) is 0. The summed E-state index contributed by atoms with van der Waals surface area (Å²) in [6.07, 6.45) is 9.47. The summed E-state index contributed by atoms with van der Waals surface area (Å²) in [5, 5.41) is 0. The molecule has 0 aliphatic heterocycles. The Morgan fingerprint density at radius 3 is 3.00 bits per heavy atom. The van der Waals surface area contributed by atoms with Crippen LogP contribution in [0, 0.1) is 11.3 Å². The van der Waals surface area contributed by atoms with Crippen LogP contribution in [-0.2, 0) is 0 Å². The molecule has 0 N–H and O–H groups in total. The zero-order chi connectivity index (χ0) is 7.90. The van der Waals surface area contributed by atoms with Gasteiger partial charge in [-0.15, -0.1) is 0 Å². The monoisotopic (exact) mass is 214 g/mol. The standard InChI is InChI=1S/C10H15Br/c1-2-4-10-5-3-8(7-10)6-9(10)11/h6,8H,2-5,7H2,1H3. The molecule has 0 spiro atoms. The van der Waals surface area contributed by atoms with Gasteiger partial charge in [0.15, 0.2) is 0 Å². The average Bonchev–Trinajstić information content (AvgIpc) is 2.45. The predicted molar refractivity (Wildman–Crippen MR) is 51.7 cm³/mol. The lowest BCUT2D eigenvalue weighted by atomic mass is 9.83. The number of fused-ring (bicyclic) bond motifs is 2. The van der Waals surface area contributed by atoms with Crippen molar-refractivity contribution in [2.24, 2.45) is 11.3 Å². The van der Waals surface area contributed by atoms with Crippen LogP contribution >= 0.6 is 15.9 Å². The van der Waals surface area contributed by atoms with Gasteiger partial charge < -0.3 is 0 Å². The van der Waals surface area contributed by atoms with Crippen molar-refractivity contribution >= 4 is 15.9 Å². The van der Waals surface area contributed by atoms with Crippen molar-refractivity contribution < 1.29 is 0 Å². The van der Waals surface area contributed by atoms with E-state index in [1.807, 2.05) is 0 Å². The smallest absolute Gasteiger partial charge is 0.00217 e. The van der Waals surface area contributed by atoms with E-state index in [0.29, 0.717) is 5.41 Å². The Kier molecular flexibility index (Phi) is 1.87. The normalized spacial score (nSPS) is 41.3. The highest BCUT2D eigenvalue weighted by Crippen LogP contribution is 2.58. The lowest BCUT2D eigenvalue weighted by molar-refractivity contribution is 0.360. The molecular formula is C10H15Br. The number of rotatable bonds is 2. The lowest BCUT2D eigenvalue weighted by Gasteiger charge is -2.26. The molecule has 0 aromatic heterocycles. The van der Waals surface area contributed by atoms with Crippen LogP contribution in [-0.4, -0.2) is 0 Å². The quantitative estimate of drug-likeness (QED) is 0.655. The third-order valence-corrected chi connectivity index (χ3v) is 4.37. The van der Waals surface area contributed by atoms with Crippen molar-refractivity contribution in [2.45, 2.75) is 39.0 Å². The van der Waals surface area contributed by atoms with Crippen LogP contribution in [0.3, 0.4) is 0 Å². The molecule has 2 rings (SSSR count). The second kappa shape index (κ2) is 2.62. The van der Waals surface area contributed by atoms with Gasteiger partial charge in [-0.1, -0.05) is 35.4 Å². The fraction of sp³-hybridized carbons (Fsp3) is 0.800. The van der Waals surface area contributed by atoms with E-state index in [0.717, 1.165) is 5.92 Å². The molecule has 2 aliphatic rings. The Morgan fingerprint density at radius 1 is 1.73 bits per heavy atom. The van der Waals surface area contributed by atoms with Crippen molar-refractivity contribution in [3.05, 3.63) is 10.6 Å². The van der Waals surface area contributed by atoms with Gasteiger partial charge in [0.05, 0.1) is 0 Å². The number of allylic oxidation sites excluding steroid dienone is 2. The molecule has 11 heavy (non-hydrogen) atoms. The molecule has 0 amide bonds. The number of hydrogen-bond acceptors (Lipinski definition) is 0. The highest BCUT2D eigenvalue weighted by molar-refractivity contribution is 9.11. The van der Waals surface area contributed by atoms with Crippen molar-refractivity contribution in [2.75, 3.05) is 0 Å². The highest BCUT2D eigenvalue weighted by Gasteiger charge is 2.44. The molecule has 1 saturated carbocycles. The van der Waals surface area contributed by atoms with Crippen LogP contribution < -0.4 is 0 Å². The largest absolute Gasteiger partial charge is 0.0706 e. The summed E-state index contributed by atoms with van der Waals surface area (Å²) >= 11 is 3.71. The Balaban J connectivity index is 2.19. The summed E-state index contributed by atoms with van der Waals surface area (Å²) in [5.41, 5.74) is 0.597. The molecule has 2 aliphatic carbocycles. The van der Waals surface area contributed by atoms with Gasteiger partial charge in [-0.05, 0) is 36.1 Å². The second-order valence-electron chi connectivity index (χ2n) is 4.05. The number of halogens is 1. The molecule has 1 fully saturated rings. The van der Waals surface area contributed by atoms with Crippen LogP contribution in [0.15, 0.2) is 10.6 Å². The first-order valence-electron chi connectivity index (χ1n) is 4.65. The van der Waals surface area contributed by atoms with Crippen LogP contribution in [0.4, 0.5) is 0 Å². The molecule has 2 bridgehead atoms. The topological polar surface area (TPSA) is 0 Å². The third kappa shape index (κ3) is 1.09. The Morgan fingerprint density at radius 2 is 2.55 bits per heavy atom. The van der Waals surface area contributed by atoms with Gasteiger partial charge in [-0.3, -0.25) is 0 Å². The van der Waals surface area contributed by atoms with Crippen LogP contribution in [0.25, 0.3) is 0 Å². The van der Waals surface area contributed by atoms with Gasteiger partial charge in [0.1, 0.15) is 0 Å². The van der Waals surface area contributed by atoms with Gasteiger partial charge >= 0.3 is 0 Å². The summed E-state index contributed by atoms with van der Waals surface area (Å²) in [6.45, 7) is 2.29. The fourth-order valence-corrected chi connectivity index (χ4v) is 3.67. The maximum atomic E-state index is 3.71. The maximum absolute atomic E-state index is 3.71. The van der Waals surface area contributed by atoms with E-state index in [-0.39, 0.29) is 0 Å². The van der Waals surface area contributed by atoms with E-state index in [1.54, 1.807) is 0 Å². The molecule has 0 aromatic carbocycles. The van der Waals surface area contributed by atoms with Crippen LogP contribution in [0.5, 0.6) is 0 Å². The minimum Gasteiger partial charge on any atom is -0.0706 e. The molecule has 0 radical (unpaired) electrons.